The fourth-order valence-corrected chi connectivity index (χ4v) is 3.74. The first-order valence-corrected chi connectivity index (χ1v) is 9.51. The molecule has 0 atom stereocenters. The highest BCUT2D eigenvalue weighted by molar-refractivity contribution is 9.10. The van der Waals surface area contributed by atoms with Crippen LogP contribution in [-0.4, -0.2) is 47.9 Å². The van der Waals surface area contributed by atoms with Crippen molar-refractivity contribution >= 4 is 21.8 Å². The second-order valence-electron chi connectivity index (χ2n) is 6.43. The number of carbonyl (C=O) groups is 1. The van der Waals surface area contributed by atoms with E-state index in [1.807, 2.05) is 0 Å². The summed E-state index contributed by atoms with van der Waals surface area (Å²) in [5.74, 6) is -0.517. The Hall–Kier alpha value is -2.03. The molecule has 1 amide bonds. The summed E-state index contributed by atoms with van der Waals surface area (Å²) < 4.78 is 30.9. The van der Waals surface area contributed by atoms with Crippen LogP contribution in [-0.2, 0) is 9.47 Å². The Labute approximate surface area is 164 Å². The van der Waals surface area contributed by atoms with Crippen LogP contribution < -0.4 is 4.74 Å². The Morgan fingerprint density at radius 3 is 2.67 bits per heavy atom. The fraction of sp³-hybridized carbons (Fsp3) is 0.368. The van der Waals surface area contributed by atoms with E-state index < -0.39 is 5.79 Å². The lowest BCUT2D eigenvalue weighted by atomic mass is 10.0. The van der Waals surface area contributed by atoms with Crippen LogP contribution in [0, 0.1) is 5.82 Å². The number of nitrogens with zero attached hydrogens (tertiary/aromatic N) is 2. The van der Waals surface area contributed by atoms with Gasteiger partial charge in [-0.25, -0.2) is 9.37 Å². The molecule has 1 spiro atoms. The Kier molecular flexibility index (Phi) is 5.12. The van der Waals surface area contributed by atoms with Gasteiger partial charge in [0.2, 0.25) is 5.88 Å². The number of halogens is 2. The first-order valence-electron chi connectivity index (χ1n) is 8.71. The van der Waals surface area contributed by atoms with Gasteiger partial charge in [0.05, 0.1) is 17.7 Å². The molecule has 2 aliphatic heterocycles. The summed E-state index contributed by atoms with van der Waals surface area (Å²) in [7, 11) is 0. The van der Waals surface area contributed by atoms with Crippen molar-refractivity contribution in [3.05, 3.63) is 52.4 Å². The quantitative estimate of drug-likeness (QED) is 0.732. The standard InChI is InChI=1S/C19H18BrFN2O4/c20-15-12-13(21)3-4-16(15)27-17-14(2-1-7-22-17)18(24)23-8-5-19(6-9-23)25-10-11-26-19/h1-4,7,12H,5-6,8-11H2. The van der Waals surface area contributed by atoms with Crippen molar-refractivity contribution in [3.63, 3.8) is 0 Å². The van der Waals surface area contributed by atoms with Gasteiger partial charge in [0.15, 0.2) is 5.79 Å². The minimum Gasteiger partial charge on any atom is -0.437 e. The van der Waals surface area contributed by atoms with Gasteiger partial charge in [0.1, 0.15) is 17.1 Å². The van der Waals surface area contributed by atoms with Gasteiger partial charge in [-0.1, -0.05) is 0 Å². The number of likely N-dealkylation sites (tertiary alicyclic amines) is 1. The summed E-state index contributed by atoms with van der Waals surface area (Å²) in [6.07, 6.45) is 2.83. The Balaban J connectivity index is 1.51. The normalized spacial score (nSPS) is 18.7. The highest BCUT2D eigenvalue weighted by Crippen LogP contribution is 2.34. The van der Waals surface area contributed by atoms with E-state index in [-0.39, 0.29) is 17.6 Å². The molecule has 0 N–H and O–H groups in total. The topological polar surface area (TPSA) is 60.9 Å². The van der Waals surface area contributed by atoms with Gasteiger partial charge in [0, 0.05) is 32.1 Å². The molecular weight excluding hydrogens is 419 g/mol. The summed E-state index contributed by atoms with van der Waals surface area (Å²) in [6, 6.07) is 7.44. The summed E-state index contributed by atoms with van der Waals surface area (Å²) >= 11 is 3.26. The lowest BCUT2D eigenvalue weighted by molar-refractivity contribution is -0.181. The van der Waals surface area contributed by atoms with Crippen LogP contribution in [0.15, 0.2) is 41.0 Å². The second-order valence-corrected chi connectivity index (χ2v) is 7.29. The monoisotopic (exact) mass is 436 g/mol. The van der Waals surface area contributed by atoms with E-state index in [9.17, 15) is 9.18 Å². The van der Waals surface area contributed by atoms with Crippen molar-refractivity contribution < 1.29 is 23.4 Å². The number of hydrogen-bond acceptors (Lipinski definition) is 5. The first-order chi connectivity index (χ1) is 13.1. The maximum absolute atomic E-state index is 13.3. The van der Waals surface area contributed by atoms with Gasteiger partial charge in [-0.3, -0.25) is 4.79 Å². The molecule has 0 radical (unpaired) electrons. The predicted octanol–water partition coefficient (Wildman–Crippen LogP) is 3.75. The van der Waals surface area contributed by atoms with Gasteiger partial charge < -0.3 is 19.1 Å². The maximum Gasteiger partial charge on any atom is 0.259 e. The molecular formula is C19H18BrFN2O4. The zero-order valence-corrected chi connectivity index (χ0v) is 16.1. The number of rotatable bonds is 3. The first kappa shape index (κ1) is 18.3. The van der Waals surface area contributed by atoms with Gasteiger partial charge in [-0.2, -0.15) is 0 Å². The molecule has 27 heavy (non-hydrogen) atoms. The molecule has 0 bridgehead atoms. The SMILES string of the molecule is O=C(c1cccnc1Oc1ccc(F)cc1Br)N1CCC2(CC1)OCCO2. The highest BCUT2D eigenvalue weighted by Gasteiger charge is 2.41. The largest absolute Gasteiger partial charge is 0.437 e. The molecule has 8 heteroatoms. The van der Waals surface area contributed by atoms with E-state index >= 15 is 0 Å². The van der Waals surface area contributed by atoms with Crippen molar-refractivity contribution in [3.8, 4) is 11.6 Å². The summed E-state index contributed by atoms with van der Waals surface area (Å²) in [5, 5.41) is 0. The minimum atomic E-state index is -0.538. The molecule has 0 aliphatic carbocycles. The molecule has 2 saturated heterocycles. The third kappa shape index (κ3) is 3.83. The number of piperidine rings is 1. The van der Waals surface area contributed by atoms with Crippen LogP contribution in [0.4, 0.5) is 4.39 Å². The lowest BCUT2D eigenvalue weighted by Gasteiger charge is -2.37. The molecule has 1 aromatic carbocycles. The van der Waals surface area contributed by atoms with Crippen molar-refractivity contribution in [2.24, 2.45) is 0 Å². The van der Waals surface area contributed by atoms with Gasteiger partial charge in [-0.15, -0.1) is 0 Å². The van der Waals surface area contributed by atoms with Gasteiger partial charge in [-0.05, 0) is 46.3 Å². The molecule has 2 aliphatic rings. The van der Waals surface area contributed by atoms with E-state index in [1.54, 1.807) is 23.2 Å². The average Bonchev–Trinajstić information content (AvgIpc) is 3.12. The third-order valence-corrected chi connectivity index (χ3v) is 5.35. The second kappa shape index (κ2) is 7.53. The van der Waals surface area contributed by atoms with Crippen molar-refractivity contribution in [1.82, 2.24) is 9.88 Å². The smallest absolute Gasteiger partial charge is 0.259 e. The van der Waals surface area contributed by atoms with E-state index in [1.165, 1.54) is 18.2 Å². The number of carbonyl (C=O) groups excluding carboxylic acids is 1. The molecule has 2 aromatic rings. The molecule has 1 aromatic heterocycles. The maximum atomic E-state index is 13.3. The molecule has 6 nitrogen and oxygen atoms in total. The van der Waals surface area contributed by atoms with E-state index in [4.69, 9.17) is 14.2 Å². The fourth-order valence-electron chi connectivity index (χ4n) is 3.30. The van der Waals surface area contributed by atoms with Gasteiger partial charge in [0.25, 0.3) is 5.91 Å². The Bertz CT molecular complexity index is 847. The number of aromatic nitrogens is 1. The predicted molar refractivity (Wildman–Crippen MR) is 98.2 cm³/mol. The molecule has 0 unspecified atom stereocenters. The average molecular weight is 437 g/mol. The van der Waals surface area contributed by atoms with Crippen LogP contribution in [0.25, 0.3) is 0 Å². The third-order valence-electron chi connectivity index (χ3n) is 4.73. The van der Waals surface area contributed by atoms with Gasteiger partial charge >= 0.3 is 0 Å². The van der Waals surface area contributed by atoms with Crippen molar-refractivity contribution in [2.75, 3.05) is 26.3 Å². The van der Waals surface area contributed by atoms with E-state index in [0.29, 0.717) is 54.9 Å². The summed E-state index contributed by atoms with van der Waals surface area (Å²) in [6.45, 7) is 2.27. The molecule has 2 fully saturated rings. The van der Waals surface area contributed by atoms with Crippen molar-refractivity contribution in [2.45, 2.75) is 18.6 Å². The number of ether oxygens (including phenoxy) is 3. The van der Waals surface area contributed by atoms with Crippen LogP contribution in [0.2, 0.25) is 0 Å². The number of pyridine rings is 1. The molecule has 3 heterocycles. The number of benzene rings is 1. The van der Waals surface area contributed by atoms with Crippen LogP contribution in [0.5, 0.6) is 11.6 Å². The number of hydrogen-bond donors (Lipinski definition) is 0. The summed E-state index contributed by atoms with van der Waals surface area (Å²) in [5.41, 5.74) is 0.359. The molecule has 142 valence electrons. The van der Waals surface area contributed by atoms with Crippen LogP contribution >= 0.6 is 15.9 Å². The molecule has 4 rings (SSSR count). The number of amides is 1. The van der Waals surface area contributed by atoms with Crippen LogP contribution in [0.1, 0.15) is 23.2 Å². The van der Waals surface area contributed by atoms with Crippen molar-refractivity contribution in [1.29, 1.82) is 0 Å². The Morgan fingerprint density at radius 1 is 1.22 bits per heavy atom. The van der Waals surface area contributed by atoms with E-state index in [2.05, 4.69) is 20.9 Å². The minimum absolute atomic E-state index is 0.163. The van der Waals surface area contributed by atoms with E-state index in [0.717, 1.165) is 0 Å². The lowest BCUT2D eigenvalue weighted by Crippen LogP contribution is -2.47. The van der Waals surface area contributed by atoms with Crippen LogP contribution in [0.3, 0.4) is 0 Å². The zero-order valence-electron chi connectivity index (χ0n) is 14.5. The molecule has 0 saturated carbocycles. The zero-order chi connectivity index (χ0) is 18.9. The highest BCUT2D eigenvalue weighted by atomic mass is 79.9. The summed E-state index contributed by atoms with van der Waals surface area (Å²) in [4.78, 5) is 18.9. The Morgan fingerprint density at radius 2 is 1.96 bits per heavy atom.